The number of likely N-dealkylation sites (N-methyl/N-ethyl adjacent to an activating group) is 1. The van der Waals surface area contributed by atoms with Crippen molar-refractivity contribution in [2.75, 3.05) is 6.54 Å². The number of aryl methyl sites for hydroxylation is 1. The van der Waals surface area contributed by atoms with Gasteiger partial charge in [-0.2, -0.15) is 0 Å². The van der Waals surface area contributed by atoms with Crippen LogP contribution < -0.4 is 10.6 Å². The second-order valence-electron chi connectivity index (χ2n) is 6.25. The lowest BCUT2D eigenvalue weighted by atomic mass is 9.77. The van der Waals surface area contributed by atoms with E-state index in [2.05, 4.69) is 16.7 Å². The molecule has 1 saturated carbocycles. The van der Waals surface area contributed by atoms with Crippen LogP contribution in [0.15, 0.2) is 24.3 Å². The average Bonchev–Trinajstić information content (AvgIpc) is 2.98. The number of hydrogen-bond acceptors (Lipinski definition) is 2. The van der Waals surface area contributed by atoms with Crippen LogP contribution in [0.5, 0.6) is 0 Å². The highest BCUT2D eigenvalue weighted by Crippen LogP contribution is 2.41. The van der Waals surface area contributed by atoms with Crippen LogP contribution in [0.4, 0.5) is 0 Å². The van der Waals surface area contributed by atoms with E-state index in [1.54, 1.807) is 6.92 Å². The quantitative estimate of drug-likeness (QED) is 0.878. The fourth-order valence-corrected chi connectivity index (χ4v) is 3.30. The molecule has 1 aliphatic rings. The van der Waals surface area contributed by atoms with Crippen LogP contribution in [0.2, 0.25) is 0 Å². The van der Waals surface area contributed by atoms with Gasteiger partial charge in [-0.1, -0.05) is 42.7 Å². The summed E-state index contributed by atoms with van der Waals surface area (Å²) >= 11 is 0. The van der Waals surface area contributed by atoms with Crippen molar-refractivity contribution in [1.29, 1.82) is 0 Å². The van der Waals surface area contributed by atoms with Gasteiger partial charge in [0.05, 0.1) is 5.41 Å². The monoisotopic (exact) mass is 302 g/mol. The number of benzene rings is 1. The fraction of sp³-hybridized carbons (Fsp3) is 0.556. The van der Waals surface area contributed by atoms with Gasteiger partial charge in [-0.05, 0) is 39.2 Å². The molecule has 4 heteroatoms. The molecular weight excluding hydrogens is 276 g/mol. The Morgan fingerprint density at radius 2 is 1.95 bits per heavy atom. The molecule has 0 heterocycles. The van der Waals surface area contributed by atoms with E-state index in [1.807, 2.05) is 32.0 Å². The van der Waals surface area contributed by atoms with Crippen LogP contribution in [0.1, 0.15) is 50.7 Å². The Morgan fingerprint density at radius 3 is 2.55 bits per heavy atom. The van der Waals surface area contributed by atoms with Gasteiger partial charge in [-0.15, -0.1) is 0 Å². The van der Waals surface area contributed by atoms with Gasteiger partial charge in [-0.25, -0.2) is 0 Å². The highest BCUT2D eigenvalue weighted by molar-refractivity contribution is 5.93. The molecular formula is C18H26N2O2. The predicted molar refractivity (Wildman–Crippen MR) is 87.6 cm³/mol. The summed E-state index contributed by atoms with van der Waals surface area (Å²) in [5.41, 5.74) is 1.76. The lowest BCUT2D eigenvalue weighted by Crippen LogP contribution is -2.51. The highest BCUT2D eigenvalue weighted by atomic mass is 16.2. The molecule has 0 aliphatic heterocycles. The van der Waals surface area contributed by atoms with Gasteiger partial charge in [0.2, 0.25) is 11.8 Å². The number of hydrogen-bond donors (Lipinski definition) is 2. The fourth-order valence-electron chi connectivity index (χ4n) is 3.30. The zero-order valence-electron chi connectivity index (χ0n) is 13.7. The van der Waals surface area contributed by atoms with Crippen LogP contribution in [0.3, 0.4) is 0 Å². The topological polar surface area (TPSA) is 58.2 Å². The first-order chi connectivity index (χ1) is 10.5. The van der Waals surface area contributed by atoms with Crippen molar-refractivity contribution in [2.45, 2.75) is 57.9 Å². The number of amides is 2. The summed E-state index contributed by atoms with van der Waals surface area (Å²) in [6, 6.07) is 7.68. The maximum absolute atomic E-state index is 12.9. The zero-order chi connectivity index (χ0) is 16.2. The SMILES string of the molecule is CCNC(=O)[C@@H](C)NC(=O)C1(c2cccc(C)c2)CCCC1. The largest absolute Gasteiger partial charge is 0.355 e. The number of nitrogens with one attached hydrogen (secondary N) is 2. The molecule has 2 N–H and O–H groups in total. The molecule has 1 aromatic carbocycles. The molecule has 0 spiro atoms. The lowest BCUT2D eigenvalue weighted by molar-refractivity contribution is -0.131. The van der Waals surface area contributed by atoms with Gasteiger partial charge in [0.15, 0.2) is 0 Å². The van der Waals surface area contributed by atoms with Crippen molar-refractivity contribution < 1.29 is 9.59 Å². The van der Waals surface area contributed by atoms with Gasteiger partial charge in [0.1, 0.15) is 6.04 Å². The third-order valence-electron chi connectivity index (χ3n) is 4.55. The second-order valence-corrected chi connectivity index (χ2v) is 6.25. The molecule has 2 amide bonds. The van der Waals surface area contributed by atoms with Crippen LogP contribution in [0, 0.1) is 6.92 Å². The Labute approximate surface area is 132 Å². The van der Waals surface area contributed by atoms with Crippen molar-refractivity contribution >= 4 is 11.8 Å². The number of carbonyl (C=O) groups is 2. The summed E-state index contributed by atoms with van der Waals surface area (Å²) in [7, 11) is 0. The molecule has 1 aromatic rings. The van der Waals surface area contributed by atoms with E-state index in [-0.39, 0.29) is 11.8 Å². The van der Waals surface area contributed by atoms with Crippen LogP contribution in [0.25, 0.3) is 0 Å². The molecule has 1 atom stereocenters. The first kappa shape index (κ1) is 16.5. The molecule has 0 aromatic heterocycles. The van der Waals surface area contributed by atoms with Crippen molar-refractivity contribution in [3.05, 3.63) is 35.4 Å². The standard InChI is InChI=1S/C18H26N2O2/c1-4-19-16(21)14(3)20-17(22)18(10-5-6-11-18)15-9-7-8-13(2)12-15/h7-9,12,14H,4-6,10-11H2,1-3H3,(H,19,21)(H,20,22)/t14-/m1/s1. The first-order valence-electron chi connectivity index (χ1n) is 8.15. The van der Waals surface area contributed by atoms with E-state index < -0.39 is 11.5 Å². The summed E-state index contributed by atoms with van der Waals surface area (Å²) < 4.78 is 0. The van der Waals surface area contributed by atoms with Crippen LogP contribution in [-0.4, -0.2) is 24.4 Å². The summed E-state index contributed by atoms with van der Waals surface area (Å²) in [6.45, 7) is 6.23. The molecule has 0 radical (unpaired) electrons. The maximum Gasteiger partial charge on any atom is 0.242 e. The van der Waals surface area contributed by atoms with Crippen LogP contribution >= 0.6 is 0 Å². The third-order valence-corrected chi connectivity index (χ3v) is 4.55. The van der Waals surface area contributed by atoms with E-state index >= 15 is 0 Å². The van der Waals surface area contributed by atoms with E-state index in [0.29, 0.717) is 6.54 Å². The Morgan fingerprint density at radius 1 is 1.27 bits per heavy atom. The average molecular weight is 302 g/mol. The Balaban J connectivity index is 2.21. The summed E-state index contributed by atoms with van der Waals surface area (Å²) in [5, 5.41) is 5.66. The molecule has 120 valence electrons. The molecule has 0 bridgehead atoms. The minimum absolute atomic E-state index is 0.0191. The Bertz CT molecular complexity index is 548. The molecule has 4 nitrogen and oxygen atoms in total. The minimum Gasteiger partial charge on any atom is -0.355 e. The maximum atomic E-state index is 12.9. The normalized spacial score (nSPS) is 17.8. The minimum atomic E-state index is -0.505. The van der Waals surface area contributed by atoms with E-state index in [0.717, 1.165) is 36.8 Å². The second kappa shape index (κ2) is 6.95. The van der Waals surface area contributed by atoms with Gasteiger partial charge < -0.3 is 10.6 Å². The molecule has 2 rings (SSSR count). The van der Waals surface area contributed by atoms with Gasteiger partial charge in [0.25, 0.3) is 0 Å². The molecule has 1 aliphatic carbocycles. The Kier molecular flexibility index (Phi) is 5.22. The summed E-state index contributed by atoms with van der Waals surface area (Å²) in [4.78, 5) is 24.8. The molecule has 0 saturated heterocycles. The Hall–Kier alpha value is -1.84. The van der Waals surface area contributed by atoms with Crippen LogP contribution in [-0.2, 0) is 15.0 Å². The lowest BCUT2D eigenvalue weighted by Gasteiger charge is -2.30. The molecule has 0 unspecified atom stereocenters. The van der Waals surface area contributed by atoms with E-state index in [9.17, 15) is 9.59 Å². The van der Waals surface area contributed by atoms with Crippen molar-refractivity contribution in [1.82, 2.24) is 10.6 Å². The smallest absolute Gasteiger partial charge is 0.242 e. The summed E-state index contributed by atoms with van der Waals surface area (Å²) in [5.74, 6) is -0.150. The van der Waals surface area contributed by atoms with Crippen molar-refractivity contribution in [3.63, 3.8) is 0 Å². The predicted octanol–water partition coefficient (Wildman–Crippen LogP) is 2.45. The van der Waals surface area contributed by atoms with Gasteiger partial charge >= 0.3 is 0 Å². The van der Waals surface area contributed by atoms with Gasteiger partial charge in [0, 0.05) is 6.54 Å². The number of carbonyl (C=O) groups excluding carboxylic acids is 2. The summed E-state index contributed by atoms with van der Waals surface area (Å²) in [6.07, 6.45) is 3.81. The molecule has 22 heavy (non-hydrogen) atoms. The van der Waals surface area contributed by atoms with Crippen molar-refractivity contribution in [2.24, 2.45) is 0 Å². The highest BCUT2D eigenvalue weighted by Gasteiger charge is 2.43. The van der Waals surface area contributed by atoms with Gasteiger partial charge in [-0.3, -0.25) is 9.59 Å². The van der Waals surface area contributed by atoms with Crippen molar-refractivity contribution in [3.8, 4) is 0 Å². The zero-order valence-corrected chi connectivity index (χ0v) is 13.7. The number of rotatable bonds is 5. The van der Waals surface area contributed by atoms with E-state index in [4.69, 9.17) is 0 Å². The first-order valence-corrected chi connectivity index (χ1v) is 8.15. The van der Waals surface area contributed by atoms with E-state index in [1.165, 1.54) is 0 Å². The third kappa shape index (κ3) is 3.32. The molecule has 1 fully saturated rings.